The molecule has 1 heterocycles. The van der Waals surface area contributed by atoms with E-state index in [-0.39, 0.29) is 0 Å². The summed E-state index contributed by atoms with van der Waals surface area (Å²) in [5.41, 5.74) is 10.5. The first-order chi connectivity index (χ1) is 22.3. The van der Waals surface area contributed by atoms with Gasteiger partial charge in [0.2, 0.25) is 0 Å². The largest absolute Gasteiger partial charge is 0.135 e. The van der Waals surface area contributed by atoms with Crippen molar-refractivity contribution in [1.29, 1.82) is 0 Å². The Bertz CT molecular complexity index is 2410. The first-order valence-corrected chi connectivity index (χ1v) is 16.6. The Morgan fingerprint density at radius 1 is 0.444 bits per heavy atom. The zero-order chi connectivity index (χ0) is 29.7. The minimum absolute atomic E-state index is 1.08. The first kappa shape index (κ1) is 26.2. The molecule has 0 bridgehead atoms. The van der Waals surface area contributed by atoms with Crippen LogP contribution in [-0.4, -0.2) is 0 Å². The van der Waals surface area contributed by atoms with E-state index >= 15 is 0 Å². The van der Waals surface area contributed by atoms with Crippen LogP contribution < -0.4 is 0 Å². The van der Waals surface area contributed by atoms with Crippen molar-refractivity contribution in [3.05, 3.63) is 163 Å². The molecule has 0 nitrogen and oxygen atoms in total. The number of benzene rings is 7. The van der Waals surface area contributed by atoms with Crippen molar-refractivity contribution in [2.24, 2.45) is 0 Å². The van der Waals surface area contributed by atoms with E-state index < -0.39 is 0 Å². The minimum Gasteiger partial charge on any atom is -0.135 e. The monoisotopic (exact) mass is 590 g/mol. The lowest BCUT2D eigenvalue weighted by Crippen LogP contribution is -1.95. The van der Waals surface area contributed by atoms with E-state index in [0.29, 0.717) is 0 Å². The topological polar surface area (TPSA) is 0 Å². The van der Waals surface area contributed by atoms with Crippen LogP contribution >= 0.6 is 11.3 Å². The summed E-state index contributed by atoms with van der Waals surface area (Å²) in [4.78, 5) is 0. The molecule has 0 spiro atoms. The third-order valence-electron chi connectivity index (χ3n) is 9.35. The maximum Gasteiger partial charge on any atom is 0.0434 e. The van der Waals surface area contributed by atoms with Gasteiger partial charge in [-0.1, -0.05) is 146 Å². The Kier molecular flexibility index (Phi) is 6.25. The average molecular weight is 591 g/mol. The summed E-state index contributed by atoms with van der Waals surface area (Å²) >= 11 is 1.91. The molecule has 8 aromatic rings. The van der Waals surface area contributed by atoms with E-state index in [2.05, 4.69) is 158 Å². The summed E-state index contributed by atoms with van der Waals surface area (Å²) in [7, 11) is 0. The van der Waals surface area contributed by atoms with Crippen molar-refractivity contribution in [3.63, 3.8) is 0 Å². The highest BCUT2D eigenvalue weighted by atomic mass is 32.1. The molecule has 0 amide bonds. The molecule has 212 valence electrons. The number of hydrogen-bond donors (Lipinski definition) is 0. The molecule has 1 aromatic heterocycles. The SMILES string of the molecule is C1=CCCC(c2c3ccccc3c(-c3ccc4sc5c(-c6ccccc6-c6ccccc6)cccc5c4c3)c3ccccc23)=C1. The molecule has 7 aromatic carbocycles. The Balaban J connectivity index is 1.29. The molecule has 0 radical (unpaired) electrons. The van der Waals surface area contributed by atoms with Gasteiger partial charge in [-0.3, -0.25) is 0 Å². The molecule has 1 heteroatoms. The number of fused-ring (bicyclic) bond motifs is 5. The number of allylic oxidation sites excluding steroid dienone is 4. The molecule has 0 saturated heterocycles. The molecule has 1 aliphatic rings. The quantitative estimate of drug-likeness (QED) is 0.179. The van der Waals surface area contributed by atoms with Crippen molar-refractivity contribution in [2.75, 3.05) is 0 Å². The van der Waals surface area contributed by atoms with E-state index in [1.807, 2.05) is 11.3 Å². The fourth-order valence-corrected chi connectivity index (χ4v) is 8.56. The van der Waals surface area contributed by atoms with Gasteiger partial charge < -0.3 is 0 Å². The molecule has 45 heavy (non-hydrogen) atoms. The fourth-order valence-electron chi connectivity index (χ4n) is 7.35. The van der Waals surface area contributed by atoms with Gasteiger partial charge in [0.05, 0.1) is 0 Å². The van der Waals surface area contributed by atoms with Gasteiger partial charge in [0.15, 0.2) is 0 Å². The van der Waals surface area contributed by atoms with Crippen LogP contribution in [0.1, 0.15) is 18.4 Å². The maximum atomic E-state index is 2.44. The standard InChI is InChI=1S/C44H30S/c1-3-14-29(15-4-1)32-18-7-8-19-33(32)38-24-13-25-39-40-28-31(26-27-41(40)45-44(38)39)43-36-22-11-9-20-34(36)42(30-16-5-2-6-17-30)35-21-10-12-23-37(35)43/h1-5,7-16,18-28H,6,17H2. The van der Waals surface area contributed by atoms with Crippen LogP contribution in [0.3, 0.4) is 0 Å². The number of thiophene rings is 1. The van der Waals surface area contributed by atoms with Crippen LogP contribution in [0.2, 0.25) is 0 Å². The van der Waals surface area contributed by atoms with Gasteiger partial charge in [0, 0.05) is 25.7 Å². The van der Waals surface area contributed by atoms with E-state index in [4.69, 9.17) is 0 Å². The molecular weight excluding hydrogens is 561 g/mol. The van der Waals surface area contributed by atoms with Crippen LogP contribution in [0.25, 0.3) is 80.7 Å². The van der Waals surface area contributed by atoms with Gasteiger partial charge in [-0.2, -0.15) is 0 Å². The normalized spacial score (nSPS) is 13.2. The van der Waals surface area contributed by atoms with Gasteiger partial charge in [-0.25, -0.2) is 0 Å². The van der Waals surface area contributed by atoms with Crippen LogP contribution in [0.15, 0.2) is 158 Å². The van der Waals surface area contributed by atoms with Crippen molar-refractivity contribution >= 4 is 58.6 Å². The molecule has 0 aliphatic heterocycles. The van der Waals surface area contributed by atoms with Crippen LogP contribution in [0, 0.1) is 0 Å². The van der Waals surface area contributed by atoms with Crippen molar-refractivity contribution in [3.8, 4) is 33.4 Å². The highest BCUT2D eigenvalue weighted by Gasteiger charge is 2.19. The smallest absolute Gasteiger partial charge is 0.0434 e. The lowest BCUT2D eigenvalue weighted by Gasteiger charge is -2.20. The zero-order valence-corrected chi connectivity index (χ0v) is 25.7. The maximum absolute atomic E-state index is 2.44. The van der Waals surface area contributed by atoms with Crippen LogP contribution in [0.4, 0.5) is 0 Å². The first-order valence-electron chi connectivity index (χ1n) is 15.8. The zero-order valence-electron chi connectivity index (χ0n) is 24.8. The predicted molar refractivity (Wildman–Crippen MR) is 197 cm³/mol. The molecule has 0 saturated carbocycles. The predicted octanol–water partition coefficient (Wildman–Crippen LogP) is 13.1. The van der Waals surface area contributed by atoms with Gasteiger partial charge >= 0.3 is 0 Å². The van der Waals surface area contributed by atoms with E-state index in [1.54, 1.807) is 0 Å². The lowest BCUT2D eigenvalue weighted by molar-refractivity contribution is 1.06. The Labute approximate surface area is 267 Å². The van der Waals surface area contributed by atoms with E-state index in [1.165, 1.54) is 86.2 Å². The average Bonchev–Trinajstić information content (AvgIpc) is 3.49. The van der Waals surface area contributed by atoms with E-state index in [9.17, 15) is 0 Å². The fraction of sp³-hybridized carbons (Fsp3) is 0.0455. The highest BCUT2D eigenvalue weighted by Crippen LogP contribution is 2.47. The summed E-state index contributed by atoms with van der Waals surface area (Å²) in [5, 5.41) is 7.95. The van der Waals surface area contributed by atoms with Gasteiger partial charge in [0.25, 0.3) is 0 Å². The Morgan fingerprint density at radius 3 is 1.78 bits per heavy atom. The highest BCUT2D eigenvalue weighted by molar-refractivity contribution is 7.26. The second-order valence-corrected chi connectivity index (χ2v) is 13.0. The second-order valence-electron chi connectivity index (χ2n) is 11.9. The molecule has 0 atom stereocenters. The van der Waals surface area contributed by atoms with Crippen LogP contribution in [-0.2, 0) is 0 Å². The lowest BCUT2D eigenvalue weighted by atomic mass is 9.84. The Hall–Kier alpha value is -5.24. The summed E-state index contributed by atoms with van der Waals surface area (Å²) in [6.45, 7) is 0. The number of rotatable bonds is 4. The summed E-state index contributed by atoms with van der Waals surface area (Å²) in [6.07, 6.45) is 8.98. The molecule has 9 rings (SSSR count). The summed E-state index contributed by atoms with van der Waals surface area (Å²) < 4.78 is 2.66. The van der Waals surface area contributed by atoms with Gasteiger partial charge in [-0.15, -0.1) is 11.3 Å². The molecule has 0 fully saturated rings. The molecule has 0 unspecified atom stereocenters. The van der Waals surface area contributed by atoms with Gasteiger partial charge in [0.1, 0.15) is 0 Å². The summed E-state index contributed by atoms with van der Waals surface area (Å²) in [5.74, 6) is 0. The molecule has 1 aliphatic carbocycles. The van der Waals surface area contributed by atoms with Crippen molar-refractivity contribution < 1.29 is 0 Å². The Morgan fingerprint density at radius 2 is 1.07 bits per heavy atom. The van der Waals surface area contributed by atoms with Crippen molar-refractivity contribution in [1.82, 2.24) is 0 Å². The minimum atomic E-state index is 1.08. The third kappa shape index (κ3) is 4.27. The van der Waals surface area contributed by atoms with Crippen molar-refractivity contribution in [2.45, 2.75) is 12.8 Å². The molecule has 0 N–H and O–H groups in total. The number of hydrogen-bond acceptors (Lipinski definition) is 1. The third-order valence-corrected chi connectivity index (χ3v) is 10.6. The summed E-state index contributed by atoms with van der Waals surface area (Å²) in [6, 6.07) is 51.5. The second kappa shape index (κ2) is 10.7. The molecular formula is C44H30S. The van der Waals surface area contributed by atoms with Gasteiger partial charge in [-0.05, 0) is 85.5 Å². The van der Waals surface area contributed by atoms with E-state index in [0.717, 1.165) is 12.8 Å². The van der Waals surface area contributed by atoms with Crippen LogP contribution in [0.5, 0.6) is 0 Å².